The van der Waals surface area contributed by atoms with Gasteiger partial charge in [-0.05, 0) is 12.5 Å². The predicted octanol–water partition coefficient (Wildman–Crippen LogP) is 2.74. The van der Waals surface area contributed by atoms with Crippen LogP contribution in [-0.4, -0.2) is 15.8 Å². The van der Waals surface area contributed by atoms with E-state index >= 15 is 0 Å². The topological polar surface area (TPSA) is 115 Å². The number of nitrogens with one attached hydrogen (secondary N) is 1. The van der Waals surface area contributed by atoms with Crippen molar-refractivity contribution in [1.82, 2.24) is 5.32 Å². The number of nitro groups is 2. The van der Waals surface area contributed by atoms with Crippen LogP contribution in [0.15, 0.2) is 42.5 Å². The van der Waals surface area contributed by atoms with Crippen LogP contribution in [0.3, 0.4) is 0 Å². The molecule has 0 unspecified atom stereocenters. The average Bonchev–Trinajstić information content (AvgIpc) is 2.53. The van der Waals surface area contributed by atoms with E-state index in [1.54, 1.807) is 12.1 Å². The number of benzene rings is 2. The second-order valence-corrected chi connectivity index (χ2v) is 4.82. The van der Waals surface area contributed by atoms with Gasteiger partial charge in [0, 0.05) is 18.7 Å². The summed E-state index contributed by atoms with van der Waals surface area (Å²) in [6.07, 6.45) is 0. The van der Waals surface area contributed by atoms with Crippen molar-refractivity contribution < 1.29 is 14.6 Å². The molecule has 1 amide bonds. The molecule has 8 heteroatoms. The van der Waals surface area contributed by atoms with Gasteiger partial charge in [0.1, 0.15) is 5.56 Å². The molecule has 2 aromatic rings. The molecule has 0 aliphatic rings. The largest absolute Gasteiger partial charge is 0.348 e. The molecule has 0 heterocycles. The zero-order valence-corrected chi connectivity index (χ0v) is 12.2. The van der Waals surface area contributed by atoms with Gasteiger partial charge in [0.2, 0.25) is 0 Å². The molecule has 0 aliphatic carbocycles. The van der Waals surface area contributed by atoms with E-state index in [1.807, 2.05) is 18.2 Å². The Kier molecular flexibility index (Phi) is 4.65. The van der Waals surface area contributed by atoms with E-state index in [0.717, 1.165) is 17.7 Å². The van der Waals surface area contributed by atoms with Crippen molar-refractivity contribution in [1.29, 1.82) is 0 Å². The maximum absolute atomic E-state index is 12.1. The third-order valence-electron chi connectivity index (χ3n) is 3.30. The summed E-state index contributed by atoms with van der Waals surface area (Å²) in [6, 6.07) is 11.1. The number of nitro benzene ring substituents is 2. The first kappa shape index (κ1) is 16.1. The quantitative estimate of drug-likeness (QED) is 0.672. The molecule has 0 aliphatic heterocycles. The Bertz CT molecular complexity index is 739. The highest BCUT2D eigenvalue weighted by molar-refractivity contribution is 5.96. The van der Waals surface area contributed by atoms with E-state index in [4.69, 9.17) is 0 Å². The fourth-order valence-corrected chi connectivity index (χ4v) is 2.07. The van der Waals surface area contributed by atoms with Crippen molar-refractivity contribution in [2.24, 2.45) is 0 Å². The molecule has 1 N–H and O–H groups in total. The van der Waals surface area contributed by atoms with E-state index in [2.05, 4.69) is 5.32 Å². The Morgan fingerprint density at radius 1 is 1.04 bits per heavy atom. The lowest BCUT2D eigenvalue weighted by molar-refractivity contribution is -0.395. The lowest BCUT2D eigenvalue weighted by atomic mass is 10.1. The number of carbonyl (C=O) groups excluding carboxylic acids is 1. The molecule has 0 saturated carbocycles. The summed E-state index contributed by atoms with van der Waals surface area (Å²) < 4.78 is 0. The van der Waals surface area contributed by atoms with Gasteiger partial charge in [-0.1, -0.05) is 30.3 Å². The SMILES string of the molecule is Cc1c([N+](=O)[O-])cc(C(=O)NCc2ccccc2)cc1[N+](=O)[O-]. The van der Waals surface area contributed by atoms with Crippen LogP contribution >= 0.6 is 0 Å². The second-order valence-electron chi connectivity index (χ2n) is 4.82. The van der Waals surface area contributed by atoms with Gasteiger partial charge in [0.25, 0.3) is 17.3 Å². The molecule has 8 nitrogen and oxygen atoms in total. The van der Waals surface area contributed by atoms with Crippen LogP contribution in [0.1, 0.15) is 21.5 Å². The fraction of sp³-hybridized carbons (Fsp3) is 0.133. The van der Waals surface area contributed by atoms with E-state index in [-0.39, 0.29) is 17.7 Å². The lowest BCUT2D eigenvalue weighted by Crippen LogP contribution is -2.23. The molecule has 0 bridgehead atoms. The van der Waals surface area contributed by atoms with Crippen molar-refractivity contribution in [2.45, 2.75) is 13.5 Å². The fourth-order valence-electron chi connectivity index (χ4n) is 2.07. The number of amides is 1. The molecule has 0 saturated heterocycles. The molecule has 118 valence electrons. The Balaban J connectivity index is 2.29. The molecule has 0 aromatic heterocycles. The van der Waals surface area contributed by atoms with Crippen molar-refractivity contribution >= 4 is 17.3 Å². The minimum Gasteiger partial charge on any atom is -0.348 e. The number of carbonyl (C=O) groups is 1. The first-order valence-electron chi connectivity index (χ1n) is 6.65. The lowest BCUT2D eigenvalue weighted by Gasteiger charge is -2.07. The summed E-state index contributed by atoms with van der Waals surface area (Å²) in [4.78, 5) is 32.6. The van der Waals surface area contributed by atoms with E-state index in [9.17, 15) is 25.0 Å². The molecular formula is C15H13N3O5. The maximum Gasteiger partial charge on any atom is 0.279 e. The van der Waals surface area contributed by atoms with Gasteiger partial charge in [-0.25, -0.2) is 0 Å². The summed E-state index contributed by atoms with van der Waals surface area (Å²) in [5.74, 6) is -0.611. The third-order valence-corrected chi connectivity index (χ3v) is 3.30. The van der Waals surface area contributed by atoms with Gasteiger partial charge < -0.3 is 5.32 Å². The Morgan fingerprint density at radius 3 is 2.04 bits per heavy atom. The van der Waals surface area contributed by atoms with Gasteiger partial charge >= 0.3 is 0 Å². The predicted molar refractivity (Wildman–Crippen MR) is 82.1 cm³/mol. The van der Waals surface area contributed by atoms with Crippen molar-refractivity contribution in [2.75, 3.05) is 0 Å². The Hall–Kier alpha value is -3.29. The highest BCUT2D eigenvalue weighted by atomic mass is 16.6. The van der Waals surface area contributed by atoms with Gasteiger partial charge in [-0.2, -0.15) is 0 Å². The number of hydrogen-bond acceptors (Lipinski definition) is 5. The maximum atomic E-state index is 12.1. The minimum atomic E-state index is -0.740. The Morgan fingerprint density at radius 2 is 1.57 bits per heavy atom. The molecule has 2 aromatic carbocycles. The van der Waals surface area contributed by atoms with E-state index in [0.29, 0.717) is 0 Å². The first-order chi connectivity index (χ1) is 10.9. The molecule has 0 fully saturated rings. The number of hydrogen-bond donors (Lipinski definition) is 1. The monoisotopic (exact) mass is 315 g/mol. The van der Waals surface area contributed by atoms with Gasteiger partial charge in [0.05, 0.1) is 15.4 Å². The van der Waals surface area contributed by atoms with Gasteiger partial charge in [-0.15, -0.1) is 0 Å². The van der Waals surface area contributed by atoms with Crippen LogP contribution in [0, 0.1) is 27.2 Å². The molecule has 0 atom stereocenters. The van der Waals surface area contributed by atoms with Crippen LogP contribution in [0.25, 0.3) is 0 Å². The molecule has 23 heavy (non-hydrogen) atoms. The van der Waals surface area contributed by atoms with Gasteiger partial charge in [0.15, 0.2) is 0 Å². The summed E-state index contributed by atoms with van der Waals surface area (Å²) >= 11 is 0. The van der Waals surface area contributed by atoms with Crippen LogP contribution < -0.4 is 5.32 Å². The summed E-state index contributed by atoms with van der Waals surface area (Å²) in [7, 11) is 0. The number of nitrogens with zero attached hydrogens (tertiary/aromatic N) is 2. The van der Waals surface area contributed by atoms with Crippen LogP contribution in [-0.2, 0) is 6.54 Å². The van der Waals surface area contributed by atoms with Gasteiger partial charge in [-0.3, -0.25) is 25.0 Å². The molecule has 0 radical (unpaired) electrons. The highest BCUT2D eigenvalue weighted by Crippen LogP contribution is 2.29. The summed E-state index contributed by atoms with van der Waals surface area (Å²) in [6.45, 7) is 1.50. The first-order valence-corrected chi connectivity index (χ1v) is 6.65. The van der Waals surface area contributed by atoms with Crippen LogP contribution in [0.2, 0.25) is 0 Å². The molecule has 0 spiro atoms. The highest BCUT2D eigenvalue weighted by Gasteiger charge is 2.25. The zero-order chi connectivity index (χ0) is 17.0. The van der Waals surface area contributed by atoms with Crippen molar-refractivity contribution in [3.05, 3.63) is 79.4 Å². The molecular weight excluding hydrogens is 302 g/mol. The zero-order valence-electron chi connectivity index (χ0n) is 12.2. The Labute approximate surface area is 131 Å². The van der Waals surface area contributed by atoms with Crippen LogP contribution in [0.4, 0.5) is 11.4 Å². The molecule has 2 rings (SSSR count). The van der Waals surface area contributed by atoms with E-state index < -0.39 is 27.1 Å². The van der Waals surface area contributed by atoms with Crippen molar-refractivity contribution in [3.63, 3.8) is 0 Å². The van der Waals surface area contributed by atoms with Crippen molar-refractivity contribution in [3.8, 4) is 0 Å². The third kappa shape index (κ3) is 3.67. The van der Waals surface area contributed by atoms with E-state index in [1.165, 1.54) is 6.92 Å². The summed E-state index contributed by atoms with van der Waals surface area (Å²) in [5.41, 5.74) is -0.269. The number of rotatable bonds is 5. The summed E-state index contributed by atoms with van der Waals surface area (Å²) in [5, 5.41) is 24.6. The minimum absolute atomic E-state index is 0.0837. The average molecular weight is 315 g/mol. The second kappa shape index (κ2) is 6.65. The van der Waals surface area contributed by atoms with Crippen LogP contribution in [0.5, 0.6) is 0 Å². The normalized spacial score (nSPS) is 10.1. The standard InChI is InChI=1S/C15H13N3O5/c1-10-13(17(20)21)7-12(8-14(10)18(22)23)15(19)16-9-11-5-3-2-4-6-11/h2-8H,9H2,1H3,(H,16,19). The smallest absolute Gasteiger partial charge is 0.279 e.